The molecular weight excluding hydrogens is 406 g/mol. The van der Waals surface area contributed by atoms with Gasteiger partial charge >= 0.3 is 0 Å². The van der Waals surface area contributed by atoms with Gasteiger partial charge in [-0.2, -0.15) is 0 Å². The first-order valence-corrected chi connectivity index (χ1v) is 11.0. The Hall–Kier alpha value is -2.65. The molecule has 2 aliphatic rings. The third kappa shape index (κ3) is 4.57. The number of hydrogen-bond acceptors (Lipinski definition) is 7. The van der Waals surface area contributed by atoms with Crippen LogP contribution in [-0.2, 0) is 16.1 Å². The van der Waals surface area contributed by atoms with Crippen LogP contribution in [0, 0.1) is 0 Å². The quantitative estimate of drug-likeness (QED) is 0.698. The van der Waals surface area contributed by atoms with E-state index < -0.39 is 0 Å². The van der Waals surface area contributed by atoms with Crippen LogP contribution in [0.15, 0.2) is 29.1 Å². The molecule has 2 aromatic rings. The van der Waals surface area contributed by atoms with E-state index in [-0.39, 0.29) is 17.9 Å². The highest BCUT2D eigenvalue weighted by Crippen LogP contribution is 2.29. The Morgan fingerprint density at radius 3 is 2.67 bits per heavy atom. The summed E-state index contributed by atoms with van der Waals surface area (Å²) < 4.78 is 16.7. The Bertz CT molecular complexity index is 875. The predicted octanol–water partition coefficient (Wildman–Crippen LogP) is 2.19. The lowest BCUT2D eigenvalue weighted by molar-refractivity contribution is -0.142. The summed E-state index contributed by atoms with van der Waals surface area (Å²) >= 11 is 1.51. The van der Waals surface area contributed by atoms with Gasteiger partial charge in [0, 0.05) is 43.7 Å². The minimum Gasteiger partial charge on any atom is -0.493 e. The highest BCUT2D eigenvalue weighted by atomic mass is 32.1. The highest BCUT2D eigenvalue weighted by Gasteiger charge is 2.31. The van der Waals surface area contributed by atoms with Crippen molar-refractivity contribution >= 4 is 23.2 Å². The summed E-state index contributed by atoms with van der Waals surface area (Å²) in [4.78, 5) is 33.2. The van der Waals surface area contributed by atoms with Crippen LogP contribution in [0.2, 0.25) is 0 Å². The molecule has 0 radical (unpaired) electrons. The first-order valence-electron chi connectivity index (χ1n) is 10.0. The minimum atomic E-state index is -0.312. The molecule has 1 atom stereocenters. The van der Waals surface area contributed by atoms with E-state index in [1.54, 1.807) is 40.6 Å². The molecule has 4 rings (SSSR count). The topological polar surface area (TPSA) is 81.2 Å². The summed E-state index contributed by atoms with van der Waals surface area (Å²) in [6, 6.07) is 5.18. The van der Waals surface area contributed by atoms with Gasteiger partial charge in [-0.1, -0.05) is 0 Å². The number of thiazole rings is 1. The zero-order valence-corrected chi connectivity index (χ0v) is 17.7. The maximum Gasteiger partial charge on any atom is 0.254 e. The molecule has 9 heteroatoms. The van der Waals surface area contributed by atoms with Crippen LogP contribution >= 0.6 is 11.3 Å². The number of hydrogen-bond donors (Lipinski definition) is 0. The van der Waals surface area contributed by atoms with Crippen molar-refractivity contribution < 1.29 is 23.8 Å². The molecule has 0 aliphatic carbocycles. The Balaban J connectivity index is 1.35. The Kier molecular flexibility index (Phi) is 6.49. The summed E-state index contributed by atoms with van der Waals surface area (Å²) in [6.07, 6.45) is 1.41. The second-order valence-electron chi connectivity index (χ2n) is 7.25. The molecule has 8 nitrogen and oxygen atoms in total. The van der Waals surface area contributed by atoms with Crippen molar-refractivity contribution in [2.24, 2.45) is 0 Å². The second kappa shape index (κ2) is 9.44. The third-order valence-electron chi connectivity index (χ3n) is 5.35. The number of amides is 2. The number of methoxy groups -OCH3 is 1. The van der Waals surface area contributed by atoms with E-state index >= 15 is 0 Å². The largest absolute Gasteiger partial charge is 0.493 e. The summed E-state index contributed by atoms with van der Waals surface area (Å²) in [5, 5.41) is 1.92. The van der Waals surface area contributed by atoms with E-state index in [2.05, 4.69) is 4.98 Å². The number of aromatic nitrogens is 1. The first kappa shape index (κ1) is 20.6. The van der Waals surface area contributed by atoms with Crippen molar-refractivity contribution in [3.8, 4) is 11.5 Å². The Labute approximate surface area is 179 Å². The molecule has 3 heterocycles. The Morgan fingerprint density at radius 1 is 1.20 bits per heavy atom. The molecule has 0 spiro atoms. The summed E-state index contributed by atoms with van der Waals surface area (Å²) in [7, 11) is 1.55. The normalized spacial score (nSPS) is 19.0. The van der Waals surface area contributed by atoms with Gasteiger partial charge in [0.25, 0.3) is 11.8 Å². The van der Waals surface area contributed by atoms with Gasteiger partial charge < -0.3 is 24.0 Å². The maximum atomic E-state index is 12.9. The second-order valence-corrected chi connectivity index (χ2v) is 7.97. The molecule has 1 aromatic heterocycles. The lowest BCUT2D eigenvalue weighted by Gasteiger charge is -2.35. The molecule has 30 heavy (non-hydrogen) atoms. The van der Waals surface area contributed by atoms with Crippen molar-refractivity contribution in [2.75, 3.05) is 39.9 Å². The molecule has 1 unspecified atom stereocenters. The maximum absolute atomic E-state index is 12.9. The van der Waals surface area contributed by atoms with Crippen LogP contribution in [0.3, 0.4) is 0 Å². The number of rotatable bonds is 6. The minimum absolute atomic E-state index is 0.0443. The number of ether oxygens (including phenoxy) is 3. The van der Waals surface area contributed by atoms with E-state index in [0.717, 1.165) is 18.5 Å². The monoisotopic (exact) mass is 431 g/mol. The lowest BCUT2D eigenvalue weighted by Crippen LogP contribution is -2.52. The van der Waals surface area contributed by atoms with Crippen LogP contribution < -0.4 is 9.47 Å². The van der Waals surface area contributed by atoms with Crippen molar-refractivity contribution in [3.05, 3.63) is 40.3 Å². The summed E-state index contributed by atoms with van der Waals surface area (Å²) in [5.41, 5.74) is 3.13. The van der Waals surface area contributed by atoms with Crippen LogP contribution in [0.4, 0.5) is 0 Å². The van der Waals surface area contributed by atoms with Crippen molar-refractivity contribution in [1.29, 1.82) is 0 Å². The fourth-order valence-corrected chi connectivity index (χ4v) is 4.21. The summed E-state index contributed by atoms with van der Waals surface area (Å²) in [5.74, 6) is 1.03. The molecular formula is C21H25N3O5S. The van der Waals surface area contributed by atoms with E-state index in [1.807, 2.05) is 5.38 Å². The van der Waals surface area contributed by atoms with Crippen LogP contribution in [0.25, 0.3) is 0 Å². The van der Waals surface area contributed by atoms with E-state index in [0.29, 0.717) is 56.5 Å². The van der Waals surface area contributed by atoms with Gasteiger partial charge in [0.1, 0.15) is 12.7 Å². The molecule has 0 N–H and O–H groups in total. The average molecular weight is 432 g/mol. The lowest BCUT2D eigenvalue weighted by atomic mass is 10.1. The van der Waals surface area contributed by atoms with Gasteiger partial charge in [-0.3, -0.25) is 9.59 Å². The standard InChI is InChI=1S/C21H25N3O5S/c1-27-19-11-15(4-5-17(19)29-12-16-13-30-14-22-16)20(25)23-6-8-24(9-7-23)21(26)18-3-2-10-28-18/h4-5,11,13-14,18H,2-3,6-10,12H2,1H3. The van der Waals surface area contributed by atoms with E-state index in [9.17, 15) is 9.59 Å². The molecule has 160 valence electrons. The van der Waals surface area contributed by atoms with Gasteiger partial charge in [0.15, 0.2) is 11.5 Å². The molecule has 0 saturated carbocycles. The SMILES string of the molecule is COc1cc(C(=O)N2CCN(C(=O)C3CCCO3)CC2)ccc1OCc1cscn1. The zero-order valence-electron chi connectivity index (χ0n) is 16.9. The third-order valence-corrected chi connectivity index (χ3v) is 5.99. The molecule has 2 amide bonds. The van der Waals surface area contributed by atoms with Crippen molar-refractivity contribution in [2.45, 2.75) is 25.6 Å². The highest BCUT2D eigenvalue weighted by molar-refractivity contribution is 7.07. The molecule has 2 saturated heterocycles. The molecule has 1 aromatic carbocycles. The summed E-state index contributed by atoms with van der Waals surface area (Å²) in [6.45, 7) is 3.05. The number of carbonyl (C=O) groups excluding carboxylic acids is 2. The van der Waals surface area contributed by atoms with E-state index in [1.165, 1.54) is 11.3 Å². The molecule has 0 bridgehead atoms. The zero-order chi connectivity index (χ0) is 20.9. The van der Waals surface area contributed by atoms with Gasteiger partial charge in [0.05, 0.1) is 18.3 Å². The van der Waals surface area contributed by atoms with Crippen LogP contribution in [0.5, 0.6) is 11.5 Å². The molecule has 2 fully saturated rings. The van der Waals surface area contributed by atoms with Crippen molar-refractivity contribution in [1.82, 2.24) is 14.8 Å². The first-order chi connectivity index (χ1) is 14.7. The van der Waals surface area contributed by atoms with Crippen molar-refractivity contribution in [3.63, 3.8) is 0 Å². The Morgan fingerprint density at radius 2 is 2.00 bits per heavy atom. The fourth-order valence-electron chi connectivity index (χ4n) is 3.67. The van der Waals surface area contributed by atoms with Gasteiger partial charge in [-0.25, -0.2) is 4.98 Å². The van der Waals surface area contributed by atoms with Crippen LogP contribution in [0.1, 0.15) is 28.9 Å². The number of carbonyl (C=O) groups is 2. The molecule has 2 aliphatic heterocycles. The van der Waals surface area contributed by atoms with Gasteiger partial charge in [-0.05, 0) is 31.0 Å². The smallest absolute Gasteiger partial charge is 0.254 e. The average Bonchev–Trinajstić information content (AvgIpc) is 3.51. The fraction of sp³-hybridized carbons (Fsp3) is 0.476. The van der Waals surface area contributed by atoms with E-state index in [4.69, 9.17) is 14.2 Å². The number of benzene rings is 1. The van der Waals surface area contributed by atoms with Gasteiger partial charge in [-0.15, -0.1) is 11.3 Å². The predicted molar refractivity (Wildman–Crippen MR) is 111 cm³/mol. The number of nitrogens with zero attached hydrogens (tertiary/aromatic N) is 3. The van der Waals surface area contributed by atoms with Crippen LogP contribution in [-0.4, -0.2) is 72.6 Å². The van der Waals surface area contributed by atoms with Gasteiger partial charge in [0.2, 0.25) is 0 Å². The number of piperazine rings is 1.